The number of hydrogen-bond donors (Lipinski definition) is 1. The largest absolute Gasteiger partial charge is 0.363 e. The molecule has 2 aliphatic heterocycles. The summed E-state index contributed by atoms with van der Waals surface area (Å²) in [5, 5.41) is 5.92. The van der Waals surface area contributed by atoms with Gasteiger partial charge in [0.1, 0.15) is 6.61 Å². The molecule has 0 aromatic carbocycles. The summed E-state index contributed by atoms with van der Waals surface area (Å²) < 4.78 is 5.72. The van der Waals surface area contributed by atoms with Crippen molar-refractivity contribution >= 4 is 23.2 Å². The summed E-state index contributed by atoms with van der Waals surface area (Å²) in [6.45, 7) is 4.07. The van der Waals surface area contributed by atoms with Crippen molar-refractivity contribution in [3.8, 4) is 0 Å². The maximum Gasteiger partial charge on any atom is 0.246 e. The van der Waals surface area contributed by atoms with E-state index >= 15 is 0 Å². The molecule has 0 saturated carbocycles. The average molecular weight is 323 g/mol. The molecule has 1 N–H and O–H groups in total. The van der Waals surface area contributed by atoms with Gasteiger partial charge in [-0.3, -0.25) is 9.59 Å². The number of nitrogens with zero attached hydrogens (tertiary/aromatic N) is 2. The van der Waals surface area contributed by atoms with Crippen LogP contribution in [-0.2, 0) is 20.7 Å². The Balaban J connectivity index is 1.46. The fourth-order valence-electron chi connectivity index (χ4n) is 2.98. The molecule has 1 spiro atoms. The SMILES string of the molecule is Cc1nc(CCC(=O)N2CCC3(CC2)CNC(=O)CO3)cs1. The molecule has 120 valence electrons. The van der Waals surface area contributed by atoms with E-state index in [9.17, 15) is 9.59 Å². The summed E-state index contributed by atoms with van der Waals surface area (Å²) in [6.07, 6.45) is 2.79. The minimum atomic E-state index is -0.267. The summed E-state index contributed by atoms with van der Waals surface area (Å²) in [5.41, 5.74) is 0.735. The highest BCUT2D eigenvalue weighted by Crippen LogP contribution is 2.28. The zero-order valence-corrected chi connectivity index (χ0v) is 13.6. The van der Waals surface area contributed by atoms with E-state index in [2.05, 4.69) is 10.3 Å². The number of thiazole rings is 1. The predicted molar refractivity (Wildman–Crippen MR) is 82.7 cm³/mol. The van der Waals surface area contributed by atoms with Gasteiger partial charge in [-0.15, -0.1) is 11.3 Å². The van der Waals surface area contributed by atoms with Crippen LogP contribution in [0, 0.1) is 6.92 Å². The fraction of sp³-hybridized carbons (Fsp3) is 0.667. The number of nitrogens with one attached hydrogen (secondary N) is 1. The van der Waals surface area contributed by atoms with Crippen LogP contribution in [0.3, 0.4) is 0 Å². The third-order valence-electron chi connectivity index (χ3n) is 4.41. The molecule has 1 aromatic heterocycles. The van der Waals surface area contributed by atoms with Crippen LogP contribution in [0.5, 0.6) is 0 Å². The molecule has 0 aliphatic carbocycles. The summed E-state index contributed by atoms with van der Waals surface area (Å²) in [6, 6.07) is 0. The molecule has 1 aromatic rings. The van der Waals surface area contributed by atoms with Gasteiger partial charge >= 0.3 is 0 Å². The zero-order valence-electron chi connectivity index (χ0n) is 12.8. The number of piperidine rings is 1. The Morgan fingerprint density at radius 2 is 2.27 bits per heavy atom. The van der Waals surface area contributed by atoms with E-state index in [1.807, 2.05) is 17.2 Å². The fourth-order valence-corrected chi connectivity index (χ4v) is 3.63. The highest BCUT2D eigenvalue weighted by atomic mass is 32.1. The standard InChI is InChI=1S/C15H21N3O3S/c1-11-17-12(9-22-11)2-3-14(20)18-6-4-15(5-7-18)10-16-13(19)8-21-15/h9H,2-8,10H2,1H3,(H,16,19). The van der Waals surface area contributed by atoms with Gasteiger partial charge in [0.25, 0.3) is 0 Å². The summed E-state index contributed by atoms with van der Waals surface area (Å²) in [4.78, 5) is 29.8. The number of likely N-dealkylation sites (tertiary alicyclic amines) is 1. The third-order valence-corrected chi connectivity index (χ3v) is 5.23. The molecule has 6 nitrogen and oxygen atoms in total. The van der Waals surface area contributed by atoms with Crippen molar-refractivity contribution in [2.24, 2.45) is 0 Å². The van der Waals surface area contributed by atoms with E-state index in [-0.39, 0.29) is 24.0 Å². The van der Waals surface area contributed by atoms with Crippen LogP contribution in [0.1, 0.15) is 30.0 Å². The van der Waals surface area contributed by atoms with E-state index in [0.29, 0.717) is 32.5 Å². The summed E-state index contributed by atoms with van der Waals surface area (Å²) in [5.74, 6) is 0.128. The zero-order chi connectivity index (χ0) is 15.6. The minimum Gasteiger partial charge on any atom is -0.363 e. The van der Waals surface area contributed by atoms with Gasteiger partial charge < -0.3 is 15.0 Å². The van der Waals surface area contributed by atoms with Gasteiger partial charge in [0, 0.05) is 31.4 Å². The van der Waals surface area contributed by atoms with Crippen molar-refractivity contribution in [2.45, 2.75) is 38.2 Å². The molecule has 0 unspecified atom stereocenters. The van der Waals surface area contributed by atoms with Gasteiger partial charge in [-0.1, -0.05) is 0 Å². The molecule has 3 heterocycles. The van der Waals surface area contributed by atoms with E-state index in [0.717, 1.165) is 23.5 Å². The maximum absolute atomic E-state index is 12.3. The van der Waals surface area contributed by atoms with Crippen LogP contribution in [0.25, 0.3) is 0 Å². The van der Waals surface area contributed by atoms with Gasteiger partial charge in [0.2, 0.25) is 11.8 Å². The first-order valence-corrected chi connectivity index (χ1v) is 8.54. The molecule has 3 rings (SSSR count). The quantitative estimate of drug-likeness (QED) is 0.897. The first-order valence-electron chi connectivity index (χ1n) is 7.66. The monoisotopic (exact) mass is 323 g/mol. The molecule has 2 saturated heterocycles. The Morgan fingerprint density at radius 1 is 1.50 bits per heavy atom. The molecule has 0 atom stereocenters. The predicted octanol–water partition coefficient (Wildman–Crippen LogP) is 0.892. The maximum atomic E-state index is 12.3. The lowest BCUT2D eigenvalue weighted by Crippen LogP contribution is -2.58. The van der Waals surface area contributed by atoms with E-state index in [1.165, 1.54) is 0 Å². The lowest BCUT2D eigenvalue weighted by Gasteiger charge is -2.43. The van der Waals surface area contributed by atoms with Crippen molar-refractivity contribution in [2.75, 3.05) is 26.2 Å². The van der Waals surface area contributed by atoms with Gasteiger partial charge in [0.05, 0.1) is 16.3 Å². The van der Waals surface area contributed by atoms with Gasteiger partial charge in [0.15, 0.2) is 0 Å². The Bertz CT molecular complexity index is 552. The van der Waals surface area contributed by atoms with Gasteiger partial charge in [-0.25, -0.2) is 4.98 Å². The molecular formula is C15H21N3O3S. The van der Waals surface area contributed by atoms with Crippen LogP contribution in [0.15, 0.2) is 5.38 Å². The lowest BCUT2D eigenvalue weighted by molar-refractivity contribution is -0.154. The van der Waals surface area contributed by atoms with E-state index in [4.69, 9.17) is 4.74 Å². The number of aromatic nitrogens is 1. The number of carbonyl (C=O) groups excluding carboxylic acids is 2. The molecule has 2 fully saturated rings. The highest BCUT2D eigenvalue weighted by molar-refractivity contribution is 7.09. The van der Waals surface area contributed by atoms with Crippen molar-refractivity contribution in [1.82, 2.24) is 15.2 Å². The molecule has 22 heavy (non-hydrogen) atoms. The van der Waals surface area contributed by atoms with Crippen molar-refractivity contribution in [1.29, 1.82) is 0 Å². The number of amides is 2. The van der Waals surface area contributed by atoms with Crippen molar-refractivity contribution < 1.29 is 14.3 Å². The number of morpholine rings is 1. The van der Waals surface area contributed by atoms with Gasteiger partial charge in [-0.05, 0) is 26.2 Å². The van der Waals surface area contributed by atoms with Crippen LogP contribution >= 0.6 is 11.3 Å². The van der Waals surface area contributed by atoms with Crippen molar-refractivity contribution in [3.63, 3.8) is 0 Å². The first kappa shape index (κ1) is 15.4. The summed E-state index contributed by atoms with van der Waals surface area (Å²) in [7, 11) is 0. The molecule has 7 heteroatoms. The normalized spacial score (nSPS) is 21.0. The third kappa shape index (κ3) is 3.47. The topological polar surface area (TPSA) is 71.5 Å². The van der Waals surface area contributed by atoms with Crippen molar-refractivity contribution in [3.05, 3.63) is 16.1 Å². The number of carbonyl (C=O) groups is 2. The Kier molecular flexibility index (Phi) is 4.44. The Labute approximate surface area is 133 Å². The van der Waals surface area contributed by atoms with Crippen LogP contribution in [0.2, 0.25) is 0 Å². The lowest BCUT2D eigenvalue weighted by atomic mass is 9.90. The molecule has 0 bridgehead atoms. The molecular weight excluding hydrogens is 302 g/mol. The number of aryl methyl sites for hydroxylation is 2. The Morgan fingerprint density at radius 3 is 2.86 bits per heavy atom. The second kappa shape index (κ2) is 6.34. The highest BCUT2D eigenvalue weighted by Gasteiger charge is 2.39. The molecule has 2 amide bonds. The smallest absolute Gasteiger partial charge is 0.246 e. The van der Waals surface area contributed by atoms with E-state index < -0.39 is 0 Å². The van der Waals surface area contributed by atoms with E-state index in [1.54, 1.807) is 11.3 Å². The second-order valence-corrected chi connectivity index (χ2v) is 7.05. The molecule has 0 radical (unpaired) electrons. The minimum absolute atomic E-state index is 0.0531. The number of rotatable bonds is 3. The van der Waals surface area contributed by atoms with Crippen LogP contribution < -0.4 is 5.32 Å². The van der Waals surface area contributed by atoms with Gasteiger partial charge in [-0.2, -0.15) is 0 Å². The second-order valence-electron chi connectivity index (χ2n) is 5.99. The van der Waals surface area contributed by atoms with Crippen LogP contribution in [-0.4, -0.2) is 53.5 Å². The average Bonchev–Trinajstić information content (AvgIpc) is 2.94. The number of hydrogen-bond acceptors (Lipinski definition) is 5. The summed E-state index contributed by atoms with van der Waals surface area (Å²) >= 11 is 1.62. The number of ether oxygens (including phenoxy) is 1. The first-order chi connectivity index (χ1) is 10.6. The van der Waals surface area contributed by atoms with Crippen LogP contribution in [0.4, 0.5) is 0 Å². The Hall–Kier alpha value is -1.47. The molecule has 2 aliphatic rings.